The summed E-state index contributed by atoms with van der Waals surface area (Å²) >= 11 is 0. The van der Waals surface area contributed by atoms with Crippen molar-refractivity contribution < 1.29 is 9.53 Å². The van der Waals surface area contributed by atoms with E-state index in [1.165, 1.54) is 44.9 Å². The summed E-state index contributed by atoms with van der Waals surface area (Å²) in [5, 5.41) is 6.87. The van der Waals surface area contributed by atoms with Gasteiger partial charge in [0.2, 0.25) is 0 Å². The second kappa shape index (κ2) is 8.19. The summed E-state index contributed by atoms with van der Waals surface area (Å²) in [4.78, 5) is 11.8. The minimum absolute atomic E-state index is 0.265. The van der Waals surface area contributed by atoms with Gasteiger partial charge in [-0.25, -0.2) is 4.79 Å². The molecule has 0 aliphatic heterocycles. The van der Waals surface area contributed by atoms with Crippen LogP contribution in [0.5, 0.6) is 0 Å². The molecule has 0 aromatic rings. The molecule has 0 bridgehead atoms. The number of alkyl carbamates (subject to hydrolysis) is 1. The molecule has 22 heavy (non-hydrogen) atoms. The van der Waals surface area contributed by atoms with Gasteiger partial charge in [-0.15, -0.1) is 0 Å². The predicted molar refractivity (Wildman–Crippen MR) is 90.0 cm³/mol. The lowest BCUT2D eigenvalue weighted by Gasteiger charge is -2.25. The van der Waals surface area contributed by atoms with Crippen LogP contribution in [-0.4, -0.2) is 29.8 Å². The second-order valence-corrected chi connectivity index (χ2v) is 8.06. The number of nitrogens with one attached hydrogen (secondary N) is 2. The number of amides is 1. The van der Waals surface area contributed by atoms with Gasteiger partial charge in [-0.2, -0.15) is 0 Å². The zero-order valence-corrected chi connectivity index (χ0v) is 14.6. The van der Waals surface area contributed by atoms with E-state index in [0.29, 0.717) is 12.1 Å². The van der Waals surface area contributed by atoms with E-state index in [4.69, 9.17) is 4.74 Å². The highest BCUT2D eigenvalue weighted by molar-refractivity contribution is 5.68. The Labute approximate surface area is 135 Å². The molecule has 0 radical (unpaired) electrons. The van der Waals surface area contributed by atoms with Gasteiger partial charge >= 0.3 is 6.09 Å². The van der Waals surface area contributed by atoms with E-state index in [-0.39, 0.29) is 12.1 Å². The number of hydrogen-bond acceptors (Lipinski definition) is 3. The fourth-order valence-electron chi connectivity index (χ4n) is 3.69. The Bertz CT molecular complexity index is 343. The lowest BCUT2D eigenvalue weighted by atomic mass is 9.96. The van der Waals surface area contributed by atoms with Crippen LogP contribution in [0.15, 0.2) is 0 Å². The molecule has 4 nitrogen and oxygen atoms in total. The molecule has 0 heterocycles. The van der Waals surface area contributed by atoms with Gasteiger partial charge in [-0.1, -0.05) is 32.1 Å². The molecule has 2 atom stereocenters. The molecule has 2 unspecified atom stereocenters. The van der Waals surface area contributed by atoms with Gasteiger partial charge in [-0.3, -0.25) is 0 Å². The summed E-state index contributed by atoms with van der Waals surface area (Å²) in [6.45, 7) is 5.71. The van der Waals surface area contributed by atoms with Gasteiger partial charge in [0.05, 0.1) is 0 Å². The molecule has 0 aromatic carbocycles. The van der Waals surface area contributed by atoms with E-state index in [9.17, 15) is 4.79 Å². The van der Waals surface area contributed by atoms with Crippen molar-refractivity contribution in [2.24, 2.45) is 0 Å². The molecule has 128 valence electrons. The van der Waals surface area contributed by atoms with Crippen molar-refractivity contribution in [2.45, 2.75) is 109 Å². The fraction of sp³-hybridized carbons (Fsp3) is 0.944. The standard InChI is InChI=1S/C18H34N2O2/c1-18(2,3)22-17(21)20-16-12-11-15(13-16)19-14-9-7-5-4-6-8-10-14/h14-16,19H,4-13H2,1-3H3,(H,20,21). The molecule has 0 aromatic heterocycles. The van der Waals surface area contributed by atoms with Crippen LogP contribution in [-0.2, 0) is 4.74 Å². The largest absolute Gasteiger partial charge is 0.444 e. The van der Waals surface area contributed by atoms with E-state index in [1.807, 2.05) is 20.8 Å². The first kappa shape index (κ1) is 17.6. The Morgan fingerprint density at radius 3 is 2.09 bits per heavy atom. The highest BCUT2D eigenvalue weighted by Gasteiger charge is 2.28. The third-order valence-corrected chi connectivity index (χ3v) is 4.73. The summed E-state index contributed by atoms with van der Waals surface area (Å²) in [7, 11) is 0. The van der Waals surface area contributed by atoms with Crippen molar-refractivity contribution in [3.63, 3.8) is 0 Å². The van der Waals surface area contributed by atoms with E-state index in [2.05, 4.69) is 10.6 Å². The smallest absolute Gasteiger partial charge is 0.407 e. The highest BCUT2D eigenvalue weighted by atomic mass is 16.6. The van der Waals surface area contributed by atoms with Crippen molar-refractivity contribution in [1.29, 1.82) is 0 Å². The quantitative estimate of drug-likeness (QED) is 0.824. The molecule has 2 aliphatic carbocycles. The van der Waals surface area contributed by atoms with E-state index < -0.39 is 5.60 Å². The summed E-state index contributed by atoms with van der Waals surface area (Å²) in [6, 6.07) is 1.51. The Morgan fingerprint density at radius 1 is 0.864 bits per heavy atom. The highest BCUT2D eigenvalue weighted by Crippen LogP contribution is 2.23. The lowest BCUT2D eigenvalue weighted by Crippen LogP contribution is -2.41. The van der Waals surface area contributed by atoms with Crippen LogP contribution >= 0.6 is 0 Å². The molecule has 2 fully saturated rings. The first-order chi connectivity index (χ1) is 10.4. The van der Waals surface area contributed by atoms with Crippen LogP contribution in [0.3, 0.4) is 0 Å². The van der Waals surface area contributed by atoms with Gasteiger partial charge in [0.15, 0.2) is 0 Å². The minimum Gasteiger partial charge on any atom is -0.444 e. The molecule has 2 rings (SSSR count). The molecule has 0 spiro atoms. The van der Waals surface area contributed by atoms with Crippen molar-refractivity contribution in [2.75, 3.05) is 0 Å². The Hall–Kier alpha value is -0.770. The average Bonchev–Trinajstić information content (AvgIpc) is 2.77. The Morgan fingerprint density at radius 2 is 1.45 bits per heavy atom. The average molecular weight is 310 g/mol. The van der Waals surface area contributed by atoms with Gasteiger partial charge in [0, 0.05) is 18.1 Å². The normalized spacial score (nSPS) is 28.0. The summed E-state index contributed by atoms with van der Waals surface area (Å²) in [5.74, 6) is 0. The summed E-state index contributed by atoms with van der Waals surface area (Å²) in [5.41, 5.74) is -0.417. The maximum absolute atomic E-state index is 11.8. The number of ether oxygens (including phenoxy) is 1. The first-order valence-electron chi connectivity index (χ1n) is 9.18. The van der Waals surface area contributed by atoms with E-state index in [0.717, 1.165) is 19.3 Å². The Balaban J connectivity index is 1.69. The van der Waals surface area contributed by atoms with Crippen molar-refractivity contribution in [3.05, 3.63) is 0 Å². The number of carbonyl (C=O) groups is 1. The van der Waals surface area contributed by atoms with Gasteiger partial charge in [0.1, 0.15) is 5.60 Å². The van der Waals surface area contributed by atoms with Gasteiger partial charge < -0.3 is 15.4 Å². The Kier molecular flexibility index (Phi) is 6.54. The van der Waals surface area contributed by atoms with E-state index >= 15 is 0 Å². The monoisotopic (exact) mass is 310 g/mol. The zero-order valence-electron chi connectivity index (χ0n) is 14.6. The SMILES string of the molecule is CC(C)(C)OC(=O)NC1CCC(NC2CCCCCCC2)C1. The first-order valence-corrected chi connectivity index (χ1v) is 9.18. The summed E-state index contributed by atoms with van der Waals surface area (Å²) in [6.07, 6.45) is 12.6. The van der Waals surface area contributed by atoms with Crippen LogP contribution in [0, 0.1) is 0 Å². The third kappa shape index (κ3) is 6.55. The van der Waals surface area contributed by atoms with Crippen LogP contribution in [0.2, 0.25) is 0 Å². The molecule has 2 saturated carbocycles. The molecular weight excluding hydrogens is 276 g/mol. The van der Waals surface area contributed by atoms with Crippen LogP contribution < -0.4 is 10.6 Å². The van der Waals surface area contributed by atoms with E-state index in [1.54, 1.807) is 0 Å². The predicted octanol–water partition coefficient (Wildman–Crippen LogP) is 4.13. The maximum atomic E-state index is 11.8. The maximum Gasteiger partial charge on any atom is 0.407 e. The molecular formula is C18H34N2O2. The molecule has 0 saturated heterocycles. The van der Waals surface area contributed by atoms with Crippen molar-refractivity contribution >= 4 is 6.09 Å². The van der Waals surface area contributed by atoms with Crippen LogP contribution in [0.1, 0.15) is 85.0 Å². The topological polar surface area (TPSA) is 50.4 Å². The fourth-order valence-corrected chi connectivity index (χ4v) is 3.69. The molecule has 4 heteroatoms. The number of rotatable bonds is 3. The van der Waals surface area contributed by atoms with Crippen LogP contribution in [0.25, 0.3) is 0 Å². The second-order valence-electron chi connectivity index (χ2n) is 8.06. The van der Waals surface area contributed by atoms with Crippen molar-refractivity contribution in [3.8, 4) is 0 Å². The molecule has 2 N–H and O–H groups in total. The minimum atomic E-state index is -0.417. The zero-order chi connectivity index (χ0) is 16.0. The molecule has 1 amide bonds. The van der Waals surface area contributed by atoms with Crippen LogP contribution in [0.4, 0.5) is 4.79 Å². The van der Waals surface area contributed by atoms with Gasteiger partial charge in [-0.05, 0) is 52.9 Å². The number of hydrogen-bond donors (Lipinski definition) is 2. The molecule has 2 aliphatic rings. The summed E-state index contributed by atoms with van der Waals surface area (Å²) < 4.78 is 5.34. The lowest BCUT2D eigenvalue weighted by molar-refractivity contribution is 0.0505. The number of carbonyl (C=O) groups excluding carboxylic acids is 1. The van der Waals surface area contributed by atoms with Gasteiger partial charge in [0.25, 0.3) is 0 Å². The third-order valence-electron chi connectivity index (χ3n) is 4.73. The van der Waals surface area contributed by atoms with Crippen molar-refractivity contribution in [1.82, 2.24) is 10.6 Å².